The van der Waals surface area contributed by atoms with Gasteiger partial charge < -0.3 is 5.73 Å². The zero-order valence-corrected chi connectivity index (χ0v) is 11.4. The van der Waals surface area contributed by atoms with Crippen LogP contribution in [0, 0.1) is 12.7 Å². The molecule has 0 atom stereocenters. The molecule has 5 heteroatoms. The van der Waals surface area contributed by atoms with Gasteiger partial charge in [0.05, 0.1) is 16.8 Å². The number of aryl methyl sites for hydroxylation is 1. The Morgan fingerprint density at radius 3 is 2.43 bits per heavy atom. The fraction of sp³-hybridized carbons (Fsp3) is 0.125. The molecule has 0 radical (unpaired) electrons. The summed E-state index contributed by atoms with van der Waals surface area (Å²) in [5.41, 5.74) is 7.48. The summed E-state index contributed by atoms with van der Waals surface area (Å²) in [5, 5.41) is 0. The summed E-state index contributed by atoms with van der Waals surface area (Å²) in [6.45, 7) is 2.02. The lowest BCUT2D eigenvalue weighted by molar-refractivity contribution is 0.0925. The summed E-state index contributed by atoms with van der Waals surface area (Å²) in [6.07, 6.45) is 0. The third-order valence-corrected chi connectivity index (χ3v) is 3.53. The van der Waals surface area contributed by atoms with E-state index < -0.39 is 17.6 Å². The molecule has 4 nitrogen and oxygen atoms in total. The number of hydrogen-bond donors (Lipinski definition) is 1. The Bertz CT molecular complexity index is 771. The number of carbonyl (C=O) groups is 2. The molecule has 0 spiro atoms. The van der Waals surface area contributed by atoms with Crippen molar-refractivity contribution in [1.82, 2.24) is 0 Å². The highest BCUT2D eigenvalue weighted by Crippen LogP contribution is 2.31. The van der Waals surface area contributed by atoms with Gasteiger partial charge in [-0.3, -0.25) is 9.59 Å². The van der Waals surface area contributed by atoms with E-state index in [1.165, 1.54) is 12.1 Å². The number of nitrogens with two attached hydrogens (primary N) is 1. The molecule has 0 saturated carbocycles. The van der Waals surface area contributed by atoms with Crippen molar-refractivity contribution in [3.8, 4) is 0 Å². The number of benzene rings is 2. The van der Waals surface area contributed by atoms with Crippen LogP contribution in [0.25, 0.3) is 0 Å². The smallest absolute Gasteiger partial charge is 0.266 e. The maximum Gasteiger partial charge on any atom is 0.266 e. The quantitative estimate of drug-likeness (QED) is 0.861. The first kappa shape index (κ1) is 13.5. The Kier molecular flexibility index (Phi) is 3.07. The molecule has 21 heavy (non-hydrogen) atoms. The monoisotopic (exact) mass is 284 g/mol. The molecular formula is C16H13FN2O2. The maximum absolute atomic E-state index is 14.1. The third-order valence-electron chi connectivity index (χ3n) is 3.53. The van der Waals surface area contributed by atoms with Gasteiger partial charge in [-0.15, -0.1) is 0 Å². The van der Waals surface area contributed by atoms with E-state index in [0.717, 1.165) is 10.5 Å². The molecular weight excluding hydrogens is 271 g/mol. The van der Waals surface area contributed by atoms with E-state index >= 15 is 0 Å². The lowest BCUT2D eigenvalue weighted by atomic mass is 10.1. The van der Waals surface area contributed by atoms with Crippen LogP contribution < -0.4 is 10.6 Å². The standard InChI is InChI=1S/C16H13FN2O2/c1-9-2-4-11-12(6-9)16(21)19(15(11)20)14-5-3-10(8-18)7-13(14)17/h2-7H,8,18H2,1H3. The van der Waals surface area contributed by atoms with Crippen molar-refractivity contribution in [2.45, 2.75) is 13.5 Å². The Labute approximate surface area is 121 Å². The minimum Gasteiger partial charge on any atom is -0.326 e. The molecule has 0 saturated heterocycles. The number of imide groups is 1. The summed E-state index contributed by atoms with van der Waals surface area (Å²) in [6, 6.07) is 9.24. The minimum atomic E-state index is -0.635. The van der Waals surface area contributed by atoms with Gasteiger partial charge in [0.25, 0.3) is 11.8 Å². The number of rotatable bonds is 2. The van der Waals surface area contributed by atoms with Crippen molar-refractivity contribution in [3.63, 3.8) is 0 Å². The Hall–Kier alpha value is -2.53. The Morgan fingerprint density at radius 2 is 1.76 bits per heavy atom. The third kappa shape index (κ3) is 2.02. The summed E-state index contributed by atoms with van der Waals surface area (Å²) >= 11 is 0. The van der Waals surface area contributed by atoms with Crippen LogP contribution in [-0.4, -0.2) is 11.8 Å². The molecule has 0 aromatic heterocycles. The van der Waals surface area contributed by atoms with E-state index in [4.69, 9.17) is 5.73 Å². The van der Waals surface area contributed by atoms with Crippen molar-refractivity contribution < 1.29 is 14.0 Å². The van der Waals surface area contributed by atoms with Gasteiger partial charge in [0.1, 0.15) is 5.82 Å². The molecule has 1 aliphatic rings. The van der Waals surface area contributed by atoms with E-state index in [1.807, 2.05) is 6.92 Å². The topological polar surface area (TPSA) is 63.4 Å². The van der Waals surface area contributed by atoms with Gasteiger partial charge in [-0.2, -0.15) is 0 Å². The second-order valence-electron chi connectivity index (χ2n) is 4.98. The molecule has 0 aliphatic carbocycles. The first-order valence-electron chi connectivity index (χ1n) is 6.51. The Morgan fingerprint density at radius 1 is 1.05 bits per heavy atom. The van der Waals surface area contributed by atoms with Crippen LogP contribution in [0.2, 0.25) is 0 Å². The van der Waals surface area contributed by atoms with Gasteiger partial charge in [0.15, 0.2) is 0 Å². The molecule has 0 fully saturated rings. The van der Waals surface area contributed by atoms with Gasteiger partial charge in [0, 0.05) is 6.54 Å². The van der Waals surface area contributed by atoms with Crippen LogP contribution >= 0.6 is 0 Å². The molecule has 2 N–H and O–H groups in total. The molecule has 2 aromatic rings. The second-order valence-corrected chi connectivity index (χ2v) is 4.98. The molecule has 0 bridgehead atoms. The molecule has 3 rings (SSSR count). The van der Waals surface area contributed by atoms with E-state index in [2.05, 4.69) is 0 Å². The van der Waals surface area contributed by atoms with Crippen molar-refractivity contribution in [2.24, 2.45) is 5.73 Å². The van der Waals surface area contributed by atoms with Crippen LogP contribution in [-0.2, 0) is 6.54 Å². The number of amides is 2. The van der Waals surface area contributed by atoms with Gasteiger partial charge in [-0.1, -0.05) is 17.7 Å². The number of hydrogen-bond acceptors (Lipinski definition) is 3. The van der Waals surface area contributed by atoms with Crippen molar-refractivity contribution in [1.29, 1.82) is 0 Å². The number of nitrogens with zero attached hydrogens (tertiary/aromatic N) is 1. The number of anilines is 1. The highest BCUT2D eigenvalue weighted by molar-refractivity contribution is 6.34. The predicted molar refractivity (Wildman–Crippen MR) is 76.6 cm³/mol. The average Bonchev–Trinajstić information content (AvgIpc) is 2.71. The zero-order chi connectivity index (χ0) is 15.1. The number of carbonyl (C=O) groups excluding carboxylic acids is 2. The second kappa shape index (κ2) is 4.79. The highest BCUT2D eigenvalue weighted by Gasteiger charge is 2.37. The molecule has 106 valence electrons. The lowest BCUT2D eigenvalue weighted by Gasteiger charge is -2.15. The Balaban J connectivity index is 2.10. The van der Waals surface area contributed by atoms with Gasteiger partial charge in [0.2, 0.25) is 0 Å². The average molecular weight is 284 g/mol. The fourth-order valence-electron chi connectivity index (χ4n) is 2.43. The van der Waals surface area contributed by atoms with Gasteiger partial charge in [-0.25, -0.2) is 9.29 Å². The van der Waals surface area contributed by atoms with E-state index in [-0.39, 0.29) is 12.2 Å². The van der Waals surface area contributed by atoms with Crippen LogP contribution in [0.1, 0.15) is 31.8 Å². The summed E-state index contributed by atoms with van der Waals surface area (Å²) in [5.74, 6) is -1.64. The molecule has 0 unspecified atom stereocenters. The van der Waals surface area contributed by atoms with Gasteiger partial charge >= 0.3 is 0 Å². The normalized spacial score (nSPS) is 13.8. The first-order valence-corrected chi connectivity index (χ1v) is 6.51. The predicted octanol–water partition coefficient (Wildman–Crippen LogP) is 2.39. The van der Waals surface area contributed by atoms with Crippen molar-refractivity contribution >= 4 is 17.5 Å². The SMILES string of the molecule is Cc1ccc2c(c1)C(=O)N(c1ccc(CN)cc1F)C2=O. The fourth-order valence-corrected chi connectivity index (χ4v) is 2.43. The minimum absolute atomic E-state index is 0.0453. The van der Waals surface area contributed by atoms with E-state index in [1.54, 1.807) is 24.3 Å². The van der Waals surface area contributed by atoms with E-state index in [0.29, 0.717) is 16.7 Å². The molecule has 1 heterocycles. The highest BCUT2D eigenvalue weighted by atomic mass is 19.1. The molecule has 2 aromatic carbocycles. The maximum atomic E-state index is 14.1. The van der Waals surface area contributed by atoms with Gasteiger partial charge in [-0.05, 0) is 36.8 Å². The van der Waals surface area contributed by atoms with Crippen molar-refractivity contribution in [3.05, 3.63) is 64.5 Å². The summed E-state index contributed by atoms with van der Waals surface area (Å²) in [4.78, 5) is 25.6. The molecule has 2 amide bonds. The van der Waals surface area contributed by atoms with Crippen LogP contribution in [0.5, 0.6) is 0 Å². The van der Waals surface area contributed by atoms with Crippen LogP contribution in [0.3, 0.4) is 0 Å². The molecule has 1 aliphatic heterocycles. The number of halogens is 1. The lowest BCUT2D eigenvalue weighted by Crippen LogP contribution is -2.30. The van der Waals surface area contributed by atoms with E-state index in [9.17, 15) is 14.0 Å². The zero-order valence-electron chi connectivity index (χ0n) is 11.4. The summed E-state index contributed by atoms with van der Waals surface area (Å²) < 4.78 is 14.1. The summed E-state index contributed by atoms with van der Waals surface area (Å²) in [7, 11) is 0. The number of fused-ring (bicyclic) bond motifs is 1. The first-order chi connectivity index (χ1) is 10.0. The largest absolute Gasteiger partial charge is 0.326 e. The van der Waals surface area contributed by atoms with Crippen molar-refractivity contribution in [2.75, 3.05) is 4.90 Å². The van der Waals surface area contributed by atoms with Crippen LogP contribution in [0.4, 0.5) is 10.1 Å². The van der Waals surface area contributed by atoms with Crippen LogP contribution in [0.15, 0.2) is 36.4 Å².